The van der Waals surface area contributed by atoms with Gasteiger partial charge in [0.15, 0.2) is 0 Å². The first kappa shape index (κ1) is 13.9. The Morgan fingerprint density at radius 2 is 1.81 bits per heavy atom. The first-order valence-corrected chi connectivity index (χ1v) is 6.51. The van der Waals surface area contributed by atoms with Crippen molar-refractivity contribution in [2.75, 3.05) is 0 Å². The van der Waals surface area contributed by atoms with Crippen LogP contribution in [0.1, 0.15) is 58.8 Å². The average molecular weight is 236 g/mol. The molecule has 0 spiro atoms. The molecule has 0 aromatic rings. The van der Waals surface area contributed by atoms with Gasteiger partial charge in [0.05, 0.1) is 5.92 Å². The third-order valence-corrected chi connectivity index (χ3v) is 3.75. The van der Waals surface area contributed by atoms with Crippen molar-refractivity contribution < 1.29 is 13.2 Å². The fraction of sp³-hybridized carbons (Fsp3) is 1.00. The lowest BCUT2D eigenvalue weighted by atomic mass is 9.95. The quantitative estimate of drug-likeness (QED) is 0.534. The minimum absolute atomic E-state index is 0.295. The summed E-state index contributed by atoms with van der Waals surface area (Å²) in [5.74, 6) is 0.582. The van der Waals surface area contributed by atoms with Crippen LogP contribution in [0, 0.1) is 17.8 Å². The van der Waals surface area contributed by atoms with E-state index in [4.69, 9.17) is 0 Å². The van der Waals surface area contributed by atoms with Gasteiger partial charge in [-0.05, 0) is 31.1 Å². The lowest BCUT2D eigenvalue weighted by Gasteiger charge is -2.19. The lowest BCUT2D eigenvalue weighted by molar-refractivity contribution is -0.178. The van der Waals surface area contributed by atoms with Gasteiger partial charge >= 0.3 is 6.18 Å². The van der Waals surface area contributed by atoms with Crippen LogP contribution in [0.3, 0.4) is 0 Å². The molecule has 0 saturated heterocycles. The van der Waals surface area contributed by atoms with E-state index in [0.717, 1.165) is 31.1 Å². The molecular weight excluding hydrogens is 213 g/mol. The maximum Gasteiger partial charge on any atom is 0.391 e. The zero-order valence-electron chi connectivity index (χ0n) is 10.3. The number of alkyl halides is 3. The van der Waals surface area contributed by atoms with Gasteiger partial charge in [0.25, 0.3) is 0 Å². The number of rotatable bonds is 7. The van der Waals surface area contributed by atoms with E-state index in [2.05, 4.69) is 6.92 Å². The summed E-state index contributed by atoms with van der Waals surface area (Å²) in [5.41, 5.74) is 0. The van der Waals surface area contributed by atoms with Crippen molar-refractivity contribution in [3.63, 3.8) is 0 Å². The summed E-state index contributed by atoms with van der Waals surface area (Å²) in [7, 11) is 0. The number of unbranched alkanes of at least 4 members (excludes halogenated alkanes) is 1. The minimum atomic E-state index is -3.98. The van der Waals surface area contributed by atoms with E-state index >= 15 is 0 Å². The summed E-state index contributed by atoms with van der Waals surface area (Å²) in [6.45, 7) is 4.05. The van der Waals surface area contributed by atoms with Crippen molar-refractivity contribution >= 4 is 0 Å². The molecule has 0 bridgehead atoms. The Bertz CT molecular complexity index is 198. The van der Waals surface area contributed by atoms with E-state index in [-0.39, 0.29) is 0 Å². The number of hydrogen-bond donors (Lipinski definition) is 0. The maximum atomic E-state index is 12.6. The standard InChI is InChI=1S/C13H23F3/c1-3-6-12(13(14,15)16)8-5-4-7-11-9-10(11)2/h10-12H,3-9H2,1-2H3. The van der Waals surface area contributed by atoms with Gasteiger partial charge < -0.3 is 0 Å². The second kappa shape index (κ2) is 5.92. The van der Waals surface area contributed by atoms with Gasteiger partial charge in [-0.25, -0.2) is 0 Å². The fourth-order valence-electron chi connectivity index (χ4n) is 2.42. The minimum Gasteiger partial charge on any atom is -0.171 e. The summed E-state index contributed by atoms with van der Waals surface area (Å²) in [4.78, 5) is 0. The molecule has 3 heteroatoms. The molecule has 3 atom stereocenters. The van der Waals surface area contributed by atoms with Gasteiger partial charge in [0.2, 0.25) is 0 Å². The van der Waals surface area contributed by atoms with E-state index in [1.54, 1.807) is 0 Å². The first-order valence-electron chi connectivity index (χ1n) is 6.51. The third kappa shape index (κ3) is 4.75. The second-order valence-electron chi connectivity index (χ2n) is 5.28. The molecule has 0 aliphatic heterocycles. The molecule has 0 N–H and O–H groups in total. The van der Waals surface area contributed by atoms with Crippen molar-refractivity contribution in [1.82, 2.24) is 0 Å². The van der Waals surface area contributed by atoms with Crippen molar-refractivity contribution in [1.29, 1.82) is 0 Å². The highest BCUT2D eigenvalue weighted by Crippen LogP contribution is 2.42. The average Bonchev–Trinajstić information content (AvgIpc) is 2.86. The molecule has 0 radical (unpaired) electrons. The summed E-state index contributed by atoms with van der Waals surface area (Å²) in [5, 5.41) is 0. The second-order valence-corrected chi connectivity index (χ2v) is 5.28. The number of hydrogen-bond acceptors (Lipinski definition) is 0. The number of halogens is 3. The third-order valence-electron chi connectivity index (χ3n) is 3.75. The first-order chi connectivity index (χ1) is 7.45. The van der Waals surface area contributed by atoms with Gasteiger partial charge in [-0.3, -0.25) is 0 Å². The zero-order chi connectivity index (χ0) is 12.2. The smallest absolute Gasteiger partial charge is 0.171 e. The molecule has 1 saturated carbocycles. The predicted octanol–water partition coefficient (Wildman–Crippen LogP) is 5.18. The van der Waals surface area contributed by atoms with Gasteiger partial charge in [0, 0.05) is 0 Å². The highest BCUT2D eigenvalue weighted by atomic mass is 19.4. The Kier molecular flexibility index (Phi) is 5.13. The monoisotopic (exact) mass is 236 g/mol. The normalized spacial score (nSPS) is 26.8. The van der Waals surface area contributed by atoms with Crippen molar-refractivity contribution in [2.24, 2.45) is 17.8 Å². The molecular formula is C13H23F3. The molecule has 0 aromatic heterocycles. The fourth-order valence-corrected chi connectivity index (χ4v) is 2.42. The molecule has 3 unspecified atom stereocenters. The Morgan fingerprint density at radius 1 is 1.19 bits per heavy atom. The van der Waals surface area contributed by atoms with Crippen LogP contribution in [0.5, 0.6) is 0 Å². The van der Waals surface area contributed by atoms with Gasteiger partial charge in [-0.15, -0.1) is 0 Å². The molecule has 1 rings (SSSR count). The van der Waals surface area contributed by atoms with Crippen LogP contribution in [0.4, 0.5) is 13.2 Å². The molecule has 0 amide bonds. The summed E-state index contributed by atoms with van der Waals surface area (Å²) in [6.07, 6.45) is 1.42. The van der Waals surface area contributed by atoms with Crippen LogP contribution in [0.2, 0.25) is 0 Å². The van der Waals surface area contributed by atoms with E-state index in [0.29, 0.717) is 19.3 Å². The van der Waals surface area contributed by atoms with Crippen LogP contribution in [0.25, 0.3) is 0 Å². The van der Waals surface area contributed by atoms with E-state index in [1.165, 1.54) is 6.42 Å². The van der Waals surface area contributed by atoms with Crippen LogP contribution in [-0.4, -0.2) is 6.18 Å². The summed E-state index contributed by atoms with van der Waals surface area (Å²) < 4.78 is 37.7. The molecule has 1 aliphatic carbocycles. The molecule has 1 fully saturated rings. The SMILES string of the molecule is CCCC(CCCCC1CC1C)C(F)(F)F. The molecule has 1 aliphatic rings. The van der Waals surface area contributed by atoms with Crippen molar-refractivity contribution in [2.45, 2.75) is 65.0 Å². The zero-order valence-corrected chi connectivity index (χ0v) is 10.3. The topological polar surface area (TPSA) is 0 Å². The van der Waals surface area contributed by atoms with Crippen molar-refractivity contribution in [3.8, 4) is 0 Å². The maximum absolute atomic E-state index is 12.6. The van der Waals surface area contributed by atoms with E-state index < -0.39 is 12.1 Å². The van der Waals surface area contributed by atoms with Gasteiger partial charge in [-0.1, -0.05) is 39.5 Å². The Morgan fingerprint density at radius 3 is 2.25 bits per heavy atom. The van der Waals surface area contributed by atoms with Gasteiger partial charge in [-0.2, -0.15) is 13.2 Å². The van der Waals surface area contributed by atoms with Crippen molar-refractivity contribution in [3.05, 3.63) is 0 Å². The van der Waals surface area contributed by atoms with Crippen LogP contribution < -0.4 is 0 Å². The molecule has 0 nitrogen and oxygen atoms in total. The van der Waals surface area contributed by atoms with Crippen LogP contribution in [0.15, 0.2) is 0 Å². The molecule has 0 aromatic carbocycles. The Labute approximate surface area is 96.6 Å². The summed E-state index contributed by atoms with van der Waals surface area (Å²) >= 11 is 0. The highest BCUT2D eigenvalue weighted by Gasteiger charge is 2.38. The molecule has 16 heavy (non-hydrogen) atoms. The van der Waals surface area contributed by atoms with Gasteiger partial charge in [0.1, 0.15) is 0 Å². The Hall–Kier alpha value is -0.210. The van der Waals surface area contributed by atoms with E-state index in [9.17, 15) is 13.2 Å². The molecule has 96 valence electrons. The van der Waals surface area contributed by atoms with Crippen LogP contribution >= 0.6 is 0 Å². The Balaban J connectivity index is 2.12. The predicted molar refractivity (Wildman–Crippen MR) is 60.2 cm³/mol. The lowest BCUT2D eigenvalue weighted by Crippen LogP contribution is -2.22. The highest BCUT2D eigenvalue weighted by molar-refractivity contribution is 4.82. The summed E-state index contributed by atoms with van der Waals surface area (Å²) in [6, 6.07) is 0. The molecule has 0 heterocycles. The largest absolute Gasteiger partial charge is 0.391 e. The van der Waals surface area contributed by atoms with E-state index in [1.807, 2.05) is 6.92 Å². The van der Waals surface area contributed by atoms with Crippen LogP contribution in [-0.2, 0) is 0 Å².